The normalized spacial score (nSPS) is 15.6. The Hall–Kier alpha value is -0.930. The van der Waals surface area contributed by atoms with Crippen LogP contribution in [0.15, 0.2) is 23.2 Å². The van der Waals surface area contributed by atoms with Crippen molar-refractivity contribution in [3.8, 4) is 0 Å². The molecule has 5 heteroatoms. The van der Waals surface area contributed by atoms with Crippen molar-refractivity contribution in [2.24, 2.45) is 4.99 Å². The van der Waals surface area contributed by atoms with Crippen LogP contribution in [0.25, 0.3) is 0 Å². The summed E-state index contributed by atoms with van der Waals surface area (Å²) in [6, 6.07) is 6.23. The van der Waals surface area contributed by atoms with Crippen molar-refractivity contribution in [2.75, 3.05) is 13.6 Å². The molecule has 0 aromatic heterocycles. The fourth-order valence-corrected chi connectivity index (χ4v) is 2.27. The fourth-order valence-electron chi connectivity index (χ4n) is 1.70. The molecule has 3 nitrogen and oxygen atoms in total. The summed E-state index contributed by atoms with van der Waals surface area (Å²) in [6.45, 7) is 0.809. The van der Waals surface area contributed by atoms with E-state index in [1.165, 1.54) is 12.8 Å². The lowest BCUT2D eigenvalue weighted by atomic mass is 10.1. The summed E-state index contributed by atoms with van der Waals surface area (Å²) < 4.78 is 0. The van der Waals surface area contributed by atoms with Crippen LogP contribution < -0.4 is 10.6 Å². The molecule has 1 aromatic carbocycles. The minimum absolute atomic E-state index is 0.608. The summed E-state index contributed by atoms with van der Waals surface area (Å²) in [6.07, 6.45) is 3.35. The molecular formula is C13H17Cl2N3. The van der Waals surface area contributed by atoms with Crippen LogP contribution >= 0.6 is 23.2 Å². The molecule has 2 N–H and O–H groups in total. The molecule has 1 aliphatic carbocycles. The SMILES string of the molecule is CN=C(NCCc1cc(Cl)cc(Cl)c1)NC1CC1. The van der Waals surface area contributed by atoms with Crippen LogP contribution in [-0.2, 0) is 6.42 Å². The van der Waals surface area contributed by atoms with Gasteiger partial charge in [-0.25, -0.2) is 0 Å². The second-order valence-corrected chi connectivity index (χ2v) is 5.32. The molecule has 98 valence electrons. The molecule has 0 saturated heterocycles. The molecule has 1 saturated carbocycles. The quantitative estimate of drug-likeness (QED) is 0.659. The summed E-state index contributed by atoms with van der Waals surface area (Å²) in [5, 5.41) is 7.97. The first-order valence-corrected chi connectivity index (χ1v) is 6.85. The Morgan fingerprint density at radius 2 is 1.94 bits per heavy atom. The maximum Gasteiger partial charge on any atom is 0.191 e. The van der Waals surface area contributed by atoms with E-state index in [1.54, 1.807) is 13.1 Å². The lowest BCUT2D eigenvalue weighted by molar-refractivity contribution is 0.792. The first kappa shape index (κ1) is 13.5. The number of benzene rings is 1. The molecular weight excluding hydrogens is 269 g/mol. The molecule has 0 aliphatic heterocycles. The van der Waals surface area contributed by atoms with Gasteiger partial charge in [0.25, 0.3) is 0 Å². The van der Waals surface area contributed by atoms with E-state index in [-0.39, 0.29) is 0 Å². The summed E-state index contributed by atoms with van der Waals surface area (Å²) in [5.74, 6) is 0.866. The summed E-state index contributed by atoms with van der Waals surface area (Å²) in [5.41, 5.74) is 1.13. The van der Waals surface area contributed by atoms with E-state index < -0.39 is 0 Å². The number of halogens is 2. The van der Waals surface area contributed by atoms with Gasteiger partial charge in [0, 0.05) is 29.7 Å². The highest BCUT2D eigenvalue weighted by atomic mass is 35.5. The van der Waals surface area contributed by atoms with E-state index in [0.717, 1.165) is 24.5 Å². The Kier molecular flexibility index (Phi) is 4.72. The molecule has 1 aliphatic rings. The third-order valence-electron chi connectivity index (χ3n) is 2.77. The van der Waals surface area contributed by atoms with Crippen LogP contribution in [0, 0.1) is 0 Å². The minimum Gasteiger partial charge on any atom is -0.356 e. The maximum absolute atomic E-state index is 5.96. The number of nitrogens with zero attached hydrogens (tertiary/aromatic N) is 1. The standard InChI is InChI=1S/C13H17Cl2N3/c1-16-13(18-12-2-3-12)17-5-4-9-6-10(14)8-11(15)7-9/h6-8,12H,2-5H2,1H3,(H2,16,17,18). The van der Waals surface area contributed by atoms with Crippen molar-refractivity contribution in [3.63, 3.8) is 0 Å². The van der Waals surface area contributed by atoms with Crippen LogP contribution in [-0.4, -0.2) is 25.6 Å². The van der Waals surface area contributed by atoms with E-state index in [0.29, 0.717) is 16.1 Å². The van der Waals surface area contributed by atoms with Crippen molar-refractivity contribution in [2.45, 2.75) is 25.3 Å². The summed E-state index contributed by atoms with van der Waals surface area (Å²) in [4.78, 5) is 4.18. The monoisotopic (exact) mass is 285 g/mol. The maximum atomic E-state index is 5.96. The van der Waals surface area contributed by atoms with Gasteiger partial charge in [-0.15, -0.1) is 0 Å². The van der Waals surface area contributed by atoms with Crippen LogP contribution in [0.3, 0.4) is 0 Å². The van der Waals surface area contributed by atoms with Crippen LogP contribution in [0.2, 0.25) is 10.0 Å². The van der Waals surface area contributed by atoms with E-state index in [1.807, 2.05) is 12.1 Å². The Balaban J connectivity index is 1.79. The highest BCUT2D eigenvalue weighted by molar-refractivity contribution is 6.34. The van der Waals surface area contributed by atoms with Crippen molar-refractivity contribution in [3.05, 3.63) is 33.8 Å². The Morgan fingerprint density at radius 3 is 2.50 bits per heavy atom. The lowest BCUT2D eigenvalue weighted by Crippen LogP contribution is -2.39. The van der Waals surface area contributed by atoms with Gasteiger partial charge in [-0.3, -0.25) is 4.99 Å². The van der Waals surface area contributed by atoms with Crippen molar-refractivity contribution in [1.29, 1.82) is 0 Å². The zero-order valence-electron chi connectivity index (χ0n) is 10.3. The Labute approximate surface area is 118 Å². The third kappa shape index (κ3) is 4.39. The van der Waals surface area contributed by atoms with Crippen LogP contribution in [0.1, 0.15) is 18.4 Å². The van der Waals surface area contributed by atoms with Crippen LogP contribution in [0.5, 0.6) is 0 Å². The zero-order valence-corrected chi connectivity index (χ0v) is 11.9. The highest BCUT2D eigenvalue weighted by Gasteiger charge is 2.21. The van der Waals surface area contributed by atoms with E-state index in [9.17, 15) is 0 Å². The lowest BCUT2D eigenvalue weighted by Gasteiger charge is -2.11. The number of aliphatic imine (C=N–C) groups is 1. The average molecular weight is 286 g/mol. The van der Waals surface area contributed by atoms with Gasteiger partial charge < -0.3 is 10.6 Å². The van der Waals surface area contributed by atoms with Gasteiger partial charge in [-0.2, -0.15) is 0 Å². The van der Waals surface area contributed by atoms with Gasteiger partial charge in [-0.1, -0.05) is 23.2 Å². The average Bonchev–Trinajstić information content (AvgIpc) is 3.10. The van der Waals surface area contributed by atoms with Crippen molar-refractivity contribution >= 4 is 29.2 Å². The molecule has 1 aromatic rings. The molecule has 1 fully saturated rings. The van der Waals surface area contributed by atoms with Gasteiger partial charge in [-0.05, 0) is 43.0 Å². The molecule has 0 spiro atoms. The molecule has 0 amide bonds. The summed E-state index contributed by atoms with van der Waals surface area (Å²) >= 11 is 11.9. The summed E-state index contributed by atoms with van der Waals surface area (Å²) in [7, 11) is 1.79. The second-order valence-electron chi connectivity index (χ2n) is 4.45. The second kappa shape index (κ2) is 6.30. The molecule has 0 radical (unpaired) electrons. The number of guanidine groups is 1. The largest absolute Gasteiger partial charge is 0.356 e. The molecule has 2 rings (SSSR count). The van der Waals surface area contributed by atoms with E-state index in [2.05, 4.69) is 15.6 Å². The van der Waals surface area contributed by atoms with Gasteiger partial charge in [0.2, 0.25) is 0 Å². The van der Waals surface area contributed by atoms with Gasteiger partial charge in [0.15, 0.2) is 5.96 Å². The molecule has 0 atom stereocenters. The molecule has 0 heterocycles. The number of rotatable bonds is 4. The number of hydrogen-bond acceptors (Lipinski definition) is 1. The predicted octanol–water partition coefficient (Wildman–Crippen LogP) is 2.86. The fraction of sp³-hybridized carbons (Fsp3) is 0.462. The Bertz CT molecular complexity index is 422. The van der Waals surface area contributed by atoms with Crippen molar-refractivity contribution < 1.29 is 0 Å². The Morgan fingerprint density at radius 1 is 1.28 bits per heavy atom. The molecule has 0 unspecified atom stereocenters. The van der Waals surface area contributed by atoms with Gasteiger partial charge in [0.1, 0.15) is 0 Å². The highest BCUT2D eigenvalue weighted by Crippen LogP contribution is 2.19. The van der Waals surface area contributed by atoms with Gasteiger partial charge >= 0.3 is 0 Å². The topological polar surface area (TPSA) is 36.4 Å². The van der Waals surface area contributed by atoms with E-state index >= 15 is 0 Å². The number of hydrogen-bond donors (Lipinski definition) is 2. The first-order valence-electron chi connectivity index (χ1n) is 6.09. The van der Waals surface area contributed by atoms with E-state index in [4.69, 9.17) is 23.2 Å². The van der Waals surface area contributed by atoms with Gasteiger partial charge in [0.05, 0.1) is 0 Å². The third-order valence-corrected chi connectivity index (χ3v) is 3.21. The zero-order chi connectivity index (χ0) is 13.0. The molecule has 18 heavy (non-hydrogen) atoms. The smallest absolute Gasteiger partial charge is 0.191 e. The first-order chi connectivity index (χ1) is 8.67. The molecule has 0 bridgehead atoms. The number of nitrogens with one attached hydrogen (secondary N) is 2. The van der Waals surface area contributed by atoms with Crippen LogP contribution in [0.4, 0.5) is 0 Å². The van der Waals surface area contributed by atoms with Crippen molar-refractivity contribution in [1.82, 2.24) is 10.6 Å². The predicted molar refractivity (Wildman–Crippen MR) is 77.7 cm³/mol. The minimum atomic E-state index is 0.608.